The number of hydrogen-bond donors (Lipinski definition) is 16. The molecule has 1 aliphatic rings. The minimum atomic E-state index is -1.78. The minimum absolute atomic E-state index is 0.0118. The van der Waals surface area contributed by atoms with Crippen LogP contribution in [0.25, 0.3) is 10.9 Å². The Morgan fingerprint density at radius 2 is 1.45 bits per heavy atom. The largest absolute Gasteiger partial charge is 0.394 e. The van der Waals surface area contributed by atoms with Crippen molar-refractivity contribution in [3.05, 3.63) is 71.7 Å². The van der Waals surface area contributed by atoms with E-state index >= 15 is 0 Å². The molecule has 21 N–H and O–H groups in total. The normalized spacial score (nSPS) is 22.3. The molecular weight excluding hydrogens is 968 g/mol. The van der Waals surface area contributed by atoms with Crippen molar-refractivity contribution in [2.75, 3.05) is 26.2 Å². The van der Waals surface area contributed by atoms with Crippen molar-refractivity contribution in [2.45, 2.75) is 120 Å². The Bertz CT molecular complexity index is 2460. The number of aliphatic imine (C=N–C) groups is 2. The van der Waals surface area contributed by atoms with E-state index in [1.165, 1.54) is 19.1 Å². The highest BCUT2D eigenvalue weighted by Crippen LogP contribution is 2.20. The van der Waals surface area contributed by atoms with Gasteiger partial charge in [-0.2, -0.15) is 0 Å². The zero-order valence-electron chi connectivity index (χ0n) is 41.0. The van der Waals surface area contributed by atoms with Crippen LogP contribution in [-0.4, -0.2) is 149 Å². The van der Waals surface area contributed by atoms with Crippen molar-refractivity contribution in [1.29, 1.82) is 0 Å². The van der Waals surface area contributed by atoms with Crippen molar-refractivity contribution in [1.82, 2.24) is 47.5 Å². The Labute approximate surface area is 425 Å². The third-order valence-corrected chi connectivity index (χ3v) is 11.8. The van der Waals surface area contributed by atoms with E-state index in [4.69, 9.17) is 28.7 Å². The predicted molar refractivity (Wildman–Crippen MR) is 270 cm³/mol. The molecule has 1 aliphatic heterocycles. The molecule has 1 fully saturated rings. The summed E-state index contributed by atoms with van der Waals surface area (Å²) in [5.74, 6) is -7.78. The zero-order chi connectivity index (χ0) is 54.3. The van der Waals surface area contributed by atoms with Crippen molar-refractivity contribution in [2.24, 2.45) is 38.7 Å². The number of nitrogens with one attached hydrogen (secondary N) is 9. The molecule has 0 saturated carbocycles. The van der Waals surface area contributed by atoms with Crippen molar-refractivity contribution >= 4 is 70.1 Å². The highest BCUT2D eigenvalue weighted by molar-refractivity contribution is 5.96. The summed E-state index contributed by atoms with van der Waals surface area (Å²) in [6, 6.07) is 2.30. The van der Waals surface area contributed by atoms with Crippen LogP contribution in [0.1, 0.15) is 69.4 Å². The van der Waals surface area contributed by atoms with E-state index < -0.39 is 115 Å². The van der Waals surface area contributed by atoms with E-state index in [0.717, 1.165) is 23.0 Å². The molecule has 74 heavy (non-hydrogen) atoms. The number of rotatable bonds is 17. The Hall–Kier alpha value is -7.91. The van der Waals surface area contributed by atoms with E-state index in [0.29, 0.717) is 11.1 Å². The molecule has 1 aromatic heterocycles. The number of primary amides is 1. The number of H-pyrrole nitrogens is 1. The molecule has 2 aromatic carbocycles. The lowest BCUT2D eigenvalue weighted by Crippen LogP contribution is -2.62. The summed E-state index contributed by atoms with van der Waals surface area (Å²) >= 11 is 0. The third-order valence-electron chi connectivity index (χ3n) is 11.8. The molecular formula is C47H69FN16O10. The van der Waals surface area contributed by atoms with Crippen LogP contribution in [0, 0.1) is 5.82 Å². The van der Waals surface area contributed by atoms with Gasteiger partial charge in [0.05, 0.1) is 18.7 Å². The number of halogens is 1. The number of nitrogens with zero attached hydrogens (tertiary/aromatic N) is 2. The maximum atomic E-state index is 14.5. The lowest BCUT2D eigenvalue weighted by Gasteiger charge is -2.31. The summed E-state index contributed by atoms with van der Waals surface area (Å²) in [6.45, 7) is 0.239. The lowest BCUT2D eigenvalue weighted by atomic mass is 10.0. The summed E-state index contributed by atoms with van der Waals surface area (Å²) < 4.78 is 14.1. The Morgan fingerprint density at radius 3 is 2.11 bits per heavy atom. The highest BCUT2D eigenvalue weighted by atomic mass is 19.1. The number of fused-ring (bicyclic) bond motifs is 1. The Morgan fingerprint density at radius 1 is 0.797 bits per heavy atom. The minimum Gasteiger partial charge on any atom is -0.394 e. The second kappa shape index (κ2) is 29.6. The number of carbonyl (C=O) groups is 8. The molecule has 27 heteroatoms. The fourth-order valence-electron chi connectivity index (χ4n) is 8.00. The monoisotopic (exact) mass is 1040 g/mol. The summed E-state index contributed by atoms with van der Waals surface area (Å²) in [5, 5.41) is 44.0. The van der Waals surface area contributed by atoms with Crippen LogP contribution in [-0.2, 0) is 51.2 Å². The molecule has 0 spiro atoms. The van der Waals surface area contributed by atoms with E-state index in [-0.39, 0.29) is 89.3 Å². The molecule has 0 radical (unpaired) electrons. The van der Waals surface area contributed by atoms with E-state index in [1.807, 2.05) is 18.2 Å². The van der Waals surface area contributed by atoms with Crippen LogP contribution >= 0.6 is 0 Å². The number of aliphatic hydroxyl groups is 2. The van der Waals surface area contributed by atoms with Gasteiger partial charge in [0.25, 0.3) is 0 Å². The average molecular weight is 1040 g/mol. The smallest absolute Gasteiger partial charge is 0.245 e. The van der Waals surface area contributed by atoms with E-state index in [9.17, 15) is 53.0 Å². The zero-order valence-corrected chi connectivity index (χ0v) is 41.0. The number of carbonyl (C=O) groups excluding carboxylic acids is 8. The molecule has 0 aliphatic carbocycles. The van der Waals surface area contributed by atoms with Crippen molar-refractivity contribution in [3.8, 4) is 0 Å². The predicted octanol–water partition coefficient (Wildman–Crippen LogP) is -4.43. The molecule has 3 aromatic rings. The van der Waals surface area contributed by atoms with Gasteiger partial charge in [-0.05, 0) is 80.7 Å². The fourth-order valence-corrected chi connectivity index (χ4v) is 8.00. The van der Waals surface area contributed by atoms with E-state index in [2.05, 4.69) is 57.5 Å². The summed E-state index contributed by atoms with van der Waals surface area (Å²) in [5.41, 5.74) is 29.4. The topological polar surface area (TPSA) is 444 Å². The third kappa shape index (κ3) is 19.6. The second-order valence-electron chi connectivity index (χ2n) is 17.7. The van der Waals surface area contributed by atoms with Gasteiger partial charge in [0.15, 0.2) is 11.9 Å². The number of aromatic amines is 1. The molecule has 8 atom stereocenters. The SMILES string of the molecule is CC(=O)NC(CCCN=C(N)N)C(=O)NC1CCC(=O)NCCCC(C(N)=O)NC(=O)C(Cc2c[nH]c3ccccc23)NC(O)C(CCCN=C(N)N)NC(=O)C(Cc2ccc(F)cc2)NC(=O)C(CO)NC1=O. The number of aliphatic hydroxyl groups excluding tert-OH is 2. The standard InChI is InChI=1S/C47H69FN16O10/c1-25(66)58-32(10-5-19-55-46(50)51)40(69)61-34-16-17-38(67)54-18-4-9-31(39(49)68)59-44(73)36(22-27-23-57-30-8-3-2-7-29(27)30)63-41(70)33(11-6-20-56-47(52)53)60-43(72)35(21-26-12-14-28(48)15-13-26)62-45(74)37(24-65)64-42(34)71/h2-3,7-8,12-15,23,31-37,41,57,63,65,70H,4-6,9-11,16-22,24H2,1H3,(H2,49,68)(H,54,67)(H,58,66)(H,59,73)(H,60,72)(H,61,69)(H,62,74)(H,64,71)(H4,50,51,55)(H4,52,53,56). The van der Waals surface area contributed by atoms with Gasteiger partial charge in [-0.25, -0.2) is 4.39 Å². The first-order chi connectivity index (χ1) is 35.2. The number of benzene rings is 2. The quantitative estimate of drug-likeness (QED) is 0.0345. The second-order valence-corrected chi connectivity index (χ2v) is 17.7. The molecule has 2 heterocycles. The average Bonchev–Trinajstić information content (AvgIpc) is 3.76. The van der Waals surface area contributed by atoms with Crippen LogP contribution in [0.4, 0.5) is 4.39 Å². The van der Waals surface area contributed by atoms with Gasteiger partial charge in [-0.3, -0.25) is 53.7 Å². The Kier molecular flexibility index (Phi) is 23.4. The van der Waals surface area contributed by atoms with Crippen LogP contribution in [0.15, 0.2) is 64.7 Å². The molecule has 26 nitrogen and oxygen atoms in total. The maximum Gasteiger partial charge on any atom is 0.245 e. The number of guanidine groups is 2. The molecule has 404 valence electrons. The first-order valence-electron chi connectivity index (χ1n) is 24.0. The van der Waals surface area contributed by atoms with Gasteiger partial charge < -0.3 is 81.1 Å². The van der Waals surface area contributed by atoms with Gasteiger partial charge >= 0.3 is 0 Å². The van der Waals surface area contributed by atoms with Gasteiger partial charge in [0.1, 0.15) is 42.3 Å². The Balaban J connectivity index is 1.75. The molecule has 1 saturated heterocycles. The van der Waals surface area contributed by atoms with Crippen LogP contribution in [0.5, 0.6) is 0 Å². The molecule has 8 unspecified atom stereocenters. The summed E-state index contributed by atoms with van der Waals surface area (Å²) in [6.07, 6.45) is -0.765. The highest BCUT2D eigenvalue weighted by Gasteiger charge is 2.35. The number of para-hydroxylation sites is 1. The summed E-state index contributed by atoms with van der Waals surface area (Å²) in [4.78, 5) is 120. The molecule has 0 bridgehead atoms. The van der Waals surface area contributed by atoms with Crippen molar-refractivity contribution in [3.63, 3.8) is 0 Å². The number of amides is 8. The number of aromatic nitrogens is 1. The fraction of sp³-hybridized carbons (Fsp3) is 0.489. The van der Waals surface area contributed by atoms with Crippen molar-refractivity contribution < 1.29 is 53.0 Å². The van der Waals surface area contributed by atoms with Gasteiger partial charge in [-0.1, -0.05) is 30.3 Å². The van der Waals surface area contributed by atoms with E-state index in [1.54, 1.807) is 12.3 Å². The van der Waals surface area contributed by atoms with Gasteiger partial charge in [-0.15, -0.1) is 0 Å². The van der Waals surface area contributed by atoms with Crippen LogP contribution < -0.4 is 71.2 Å². The number of nitrogens with two attached hydrogens (primary N) is 5. The van der Waals surface area contributed by atoms with Gasteiger partial charge in [0.2, 0.25) is 47.3 Å². The molecule has 4 rings (SSSR count). The molecule has 8 amide bonds. The first kappa shape index (κ1) is 58.7. The van der Waals surface area contributed by atoms with Crippen LogP contribution in [0.3, 0.4) is 0 Å². The number of hydrogen-bond acceptors (Lipinski definition) is 13. The van der Waals surface area contributed by atoms with Gasteiger partial charge in [0, 0.05) is 56.5 Å². The summed E-state index contributed by atoms with van der Waals surface area (Å²) in [7, 11) is 0. The first-order valence-corrected chi connectivity index (χ1v) is 24.0. The van der Waals surface area contributed by atoms with Crippen LogP contribution in [0.2, 0.25) is 0 Å². The lowest BCUT2D eigenvalue weighted by molar-refractivity contribution is -0.135. The maximum absolute atomic E-state index is 14.5.